The number of ether oxygens (including phenoxy) is 1. The van der Waals surface area contributed by atoms with Crippen molar-refractivity contribution in [3.63, 3.8) is 0 Å². The summed E-state index contributed by atoms with van der Waals surface area (Å²) >= 11 is 0. The molecule has 0 saturated carbocycles. The van der Waals surface area contributed by atoms with Gasteiger partial charge in [0.1, 0.15) is 42.9 Å². The van der Waals surface area contributed by atoms with Crippen LogP contribution < -0.4 is 27.0 Å². The highest BCUT2D eigenvalue weighted by molar-refractivity contribution is 5.98. The van der Waals surface area contributed by atoms with E-state index in [1.807, 2.05) is 13.0 Å². The van der Waals surface area contributed by atoms with E-state index in [-0.39, 0.29) is 38.4 Å². The Labute approximate surface area is 319 Å². The molecule has 0 aromatic heterocycles. The first-order valence-electron chi connectivity index (χ1n) is 19.0. The Balaban J connectivity index is 1.31. The summed E-state index contributed by atoms with van der Waals surface area (Å²) in [6.45, 7) is 3.32. The lowest BCUT2D eigenvalue weighted by molar-refractivity contribution is -0.158. The highest BCUT2D eigenvalue weighted by Gasteiger charge is 2.47. The van der Waals surface area contributed by atoms with E-state index in [1.54, 1.807) is 61.5 Å². The van der Waals surface area contributed by atoms with E-state index in [9.17, 15) is 33.6 Å². The first kappa shape index (κ1) is 39.2. The van der Waals surface area contributed by atoms with Crippen LogP contribution >= 0.6 is 0 Å². The number of para-hydroxylation sites is 1. The Bertz CT molecular complexity index is 1760. The number of benzene rings is 2. The van der Waals surface area contributed by atoms with Gasteiger partial charge < -0.3 is 46.4 Å². The Morgan fingerprint density at radius 2 is 1.53 bits per heavy atom. The summed E-state index contributed by atoms with van der Waals surface area (Å²) in [5.74, 6) is -3.73. The van der Waals surface area contributed by atoms with Crippen LogP contribution in [0.3, 0.4) is 0 Å². The Morgan fingerprint density at radius 1 is 0.836 bits per heavy atom. The van der Waals surface area contributed by atoms with Gasteiger partial charge in [-0.1, -0.05) is 55.5 Å². The molecule has 4 aliphatic heterocycles. The van der Waals surface area contributed by atoms with Crippen molar-refractivity contribution < 1.29 is 38.3 Å². The molecule has 2 aromatic carbocycles. The molecule has 2 aromatic rings. The average molecular weight is 759 g/mol. The summed E-state index contributed by atoms with van der Waals surface area (Å²) in [6.07, 6.45) is 2.16. The van der Waals surface area contributed by atoms with E-state index < -0.39 is 90.4 Å². The zero-order chi connectivity index (χ0) is 39.2. The van der Waals surface area contributed by atoms with Gasteiger partial charge in [0, 0.05) is 37.8 Å². The van der Waals surface area contributed by atoms with Crippen molar-refractivity contribution in [1.29, 1.82) is 0 Å². The van der Waals surface area contributed by atoms with E-state index >= 15 is 0 Å². The number of carbonyl (C=O) groups is 7. The lowest BCUT2D eigenvalue weighted by Crippen LogP contribution is -2.62. The molecule has 0 bridgehead atoms. The second-order valence-corrected chi connectivity index (χ2v) is 15.0. The normalized spacial score (nSPS) is 28.3. The van der Waals surface area contributed by atoms with E-state index in [2.05, 4.69) is 21.3 Å². The highest BCUT2D eigenvalue weighted by atomic mass is 16.5. The number of hydrogen-bond acceptors (Lipinski definition) is 9. The van der Waals surface area contributed by atoms with Gasteiger partial charge in [0.25, 0.3) is 0 Å². The molecule has 4 aliphatic rings. The predicted molar refractivity (Wildman–Crippen MR) is 200 cm³/mol. The van der Waals surface area contributed by atoms with Crippen molar-refractivity contribution in [3.05, 3.63) is 66.2 Å². The lowest BCUT2D eigenvalue weighted by Gasteiger charge is -2.39. The third kappa shape index (κ3) is 9.24. The number of rotatable bonds is 6. The molecule has 7 amide bonds. The molecular weight excluding hydrogens is 708 g/mol. The van der Waals surface area contributed by atoms with Crippen molar-refractivity contribution in [2.45, 2.75) is 94.7 Å². The Morgan fingerprint density at radius 3 is 2.25 bits per heavy atom. The molecule has 0 radical (unpaired) electrons. The topological polar surface area (TPSA) is 213 Å². The number of esters is 1. The summed E-state index contributed by atoms with van der Waals surface area (Å²) in [4.78, 5) is 101. The first-order valence-corrected chi connectivity index (χ1v) is 19.0. The van der Waals surface area contributed by atoms with Gasteiger partial charge in [-0.2, -0.15) is 0 Å². The molecule has 16 nitrogen and oxygen atoms in total. The predicted octanol–water partition coefficient (Wildman–Crippen LogP) is 0.512. The van der Waals surface area contributed by atoms with Gasteiger partial charge >= 0.3 is 12.0 Å². The van der Waals surface area contributed by atoms with Crippen molar-refractivity contribution in [1.82, 2.24) is 30.7 Å². The second-order valence-electron chi connectivity index (χ2n) is 15.0. The van der Waals surface area contributed by atoms with Crippen LogP contribution in [0.5, 0.6) is 0 Å². The molecule has 8 atom stereocenters. The third-order valence-electron chi connectivity index (χ3n) is 10.7. The molecule has 55 heavy (non-hydrogen) atoms. The van der Waals surface area contributed by atoms with Crippen LogP contribution in [0.15, 0.2) is 60.7 Å². The SMILES string of the molecule is C[C@H]1C[C@H]2C(=O)OC[C@H](NC(=O)[C@H](Cc3ccccc3)NC(=O)Nc3ccccc3)C(=O)N3CC(N)C[C@H]3C(=O)N3CCCC[C@H]3C(=O)N[C@@H](C)C(=O)N2C1. The van der Waals surface area contributed by atoms with Gasteiger partial charge in [0.2, 0.25) is 29.5 Å². The van der Waals surface area contributed by atoms with Crippen LogP contribution in [0, 0.1) is 5.92 Å². The maximum atomic E-state index is 14.5. The fourth-order valence-electron chi connectivity index (χ4n) is 7.95. The van der Waals surface area contributed by atoms with Crippen LogP contribution in [-0.2, 0) is 39.9 Å². The fourth-order valence-corrected chi connectivity index (χ4v) is 7.95. The Hall–Kier alpha value is -5.51. The van der Waals surface area contributed by atoms with E-state index in [4.69, 9.17) is 10.5 Å². The number of carbonyl (C=O) groups excluding carboxylic acids is 7. The number of amides is 7. The van der Waals surface area contributed by atoms with E-state index in [0.29, 0.717) is 31.4 Å². The third-order valence-corrected chi connectivity index (χ3v) is 10.7. The maximum Gasteiger partial charge on any atom is 0.328 e. The molecule has 0 spiro atoms. The van der Waals surface area contributed by atoms with Gasteiger partial charge in [-0.3, -0.25) is 24.0 Å². The number of anilines is 1. The summed E-state index contributed by atoms with van der Waals surface area (Å²) in [5, 5.41) is 10.9. The standard InChI is InChI=1S/C39H50N8O8/c1-23-17-32-38(53)55-22-29(43-33(48)28(18-25-11-5-3-6-12-25)44-39(54)42-27-13-7-4-8-14-27)36(51)47-21-26(40)19-31(47)37(52)45-16-10-9-15-30(45)34(49)41-24(2)35(50)46(32)20-23/h3-8,11-14,23-24,26,28-32H,9-10,15-22,40H2,1-2H3,(H,41,49)(H,43,48)(H2,42,44,54)/t23-,24-,26?,28-,29-,30-,31-,32-/m0/s1. The van der Waals surface area contributed by atoms with Crippen LogP contribution in [0.1, 0.15) is 51.5 Å². The number of urea groups is 1. The number of fused-ring (bicyclic) bond motifs is 3. The molecule has 294 valence electrons. The van der Waals surface area contributed by atoms with Gasteiger partial charge in [0.15, 0.2) is 0 Å². The molecule has 6 N–H and O–H groups in total. The monoisotopic (exact) mass is 758 g/mol. The summed E-state index contributed by atoms with van der Waals surface area (Å²) in [5.41, 5.74) is 7.58. The minimum Gasteiger partial charge on any atom is -0.461 e. The number of piperidine rings is 1. The maximum absolute atomic E-state index is 14.5. The summed E-state index contributed by atoms with van der Waals surface area (Å²) in [7, 11) is 0. The van der Waals surface area contributed by atoms with Gasteiger partial charge in [-0.15, -0.1) is 0 Å². The molecule has 4 heterocycles. The molecule has 6 rings (SSSR count). The van der Waals surface area contributed by atoms with Crippen LogP contribution in [0.2, 0.25) is 0 Å². The number of nitrogens with one attached hydrogen (secondary N) is 4. The minimum atomic E-state index is -1.50. The van der Waals surface area contributed by atoms with Crippen molar-refractivity contribution in [2.24, 2.45) is 11.7 Å². The molecular formula is C39H50N8O8. The second kappa shape index (κ2) is 17.3. The van der Waals surface area contributed by atoms with Crippen molar-refractivity contribution in [2.75, 3.05) is 31.6 Å². The molecule has 4 saturated heterocycles. The summed E-state index contributed by atoms with van der Waals surface area (Å²) in [6, 6.07) is 9.82. The Kier molecular flexibility index (Phi) is 12.3. The van der Waals surface area contributed by atoms with Gasteiger partial charge in [-0.05, 0) is 62.6 Å². The van der Waals surface area contributed by atoms with Gasteiger partial charge in [0.05, 0.1) is 0 Å². The average Bonchev–Trinajstić information content (AvgIpc) is 3.77. The van der Waals surface area contributed by atoms with E-state index in [0.717, 1.165) is 5.56 Å². The minimum absolute atomic E-state index is 0.0229. The van der Waals surface area contributed by atoms with Crippen molar-refractivity contribution in [3.8, 4) is 0 Å². The number of hydrogen-bond donors (Lipinski definition) is 5. The lowest BCUT2D eigenvalue weighted by atomic mass is 9.99. The first-order chi connectivity index (χ1) is 26.4. The molecule has 1 unspecified atom stereocenters. The number of cyclic esters (lactones) is 1. The quantitative estimate of drug-likeness (QED) is 0.260. The molecule has 16 heteroatoms. The zero-order valence-corrected chi connectivity index (χ0v) is 31.1. The molecule has 0 aliphatic carbocycles. The highest BCUT2D eigenvalue weighted by Crippen LogP contribution is 2.28. The fraction of sp³-hybridized carbons (Fsp3) is 0.513. The largest absolute Gasteiger partial charge is 0.461 e. The van der Waals surface area contributed by atoms with E-state index in [1.165, 1.54) is 14.7 Å². The number of nitrogens with two attached hydrogens (primary N) is 1. The van der Waals surface area contributed by atoms with Gasteiger partial charge in [-0.25, -0.2) is 9.59 Å². The zero-order valence-electron chi connectivity index (χ0n) is 31.1. The summed E-state index contributed by atoms with van der Waals surface area (Å²) < 4.78 is 5.73. The van der Waals surface area contributed by atoms with Crippen molar-refractivity contribution >= 4 is 47.2 Å². The van der Waals surface area contributed by atoms with Crippen LogP contribution in [-0.4, -0.2) is 125 Å². The van der Waals surface area contributed by atoms with Crippen LogP contribution in [0.4, 0.5) is 10.5 Å². The smallest absolute Gasteiger partial charge is 0.328 e. The number of nitrogens with zero attached hydrogens (tertiary/aromatic N) is 3. The van der Waals surface area contributed by atoms with Crippen LogP contribution in [0.25, 0.3) is 0 Å². The molecule has 4 fully saturated rings.